The summed E-state index contributed by atoms with van der Waals surface area (Å²) in [5.41, 5.74) is 0. The zero-order valence-corrected chi connectivity index (χ0v) is 11.0. The molecule has 1 aliphatic rings. The minimum atomic E-state index is -0.109. The van der Waals surface area contributed by atoms with Crippen LogP contribution in [-0.4, -0.2) is 34.8 Å². The van der Waals surface area contributed by atoms with Gasteiger partial charge in [-0.1, -0.05) is 13.8 Å². The molecule has 0 aromatic carbocycles. The average molecular weight is 231 g/mol. The van der Waals surface area contributed by atoms with Gasteiger partial charge >= 0.3 is 0 Å². The summed E-state index contributed by atoms with van der Waals surface area (Å²) >= 11 is 2.01. The average Bonchev–Trinajstić information content (AvgIpc) is 2.51. The van der Waals surface area contributed by atoms with Crippen molar-refractivity contribution in [2.75, 3.05) is 11.5 Å². The van der Waals surface area contributed by atoms with E-state index in [9.17, 15) is 5.11 Å². The molecule has 0 heterocycles. The lowest BCUT2D eigenvalue weighted by Crippen LogP contribution is -2.42. The first-order valence-electron chi connectivity index (χ1n) is 6.11. The number of hydrogen-bond donors (Lipinski definition) is 2. The molecule has 15 heavy (non-hydrogen) atoms. The first-order valence-corrected chi connectivity index (χ1v) is 7.27. The monoisotopic (exact) mass is 231 g/mol. The summed E-state index contributed by atoms with van der Waals surface area (Å²) in [6, 6.07) is 0.867. The fourth-order valence-electron chi connectivity index (χ4n) is 2.03. The Hall–Kier alpha value is 0.270. The van der Waals surface area contributed by atoms with Crippen molar-refractivity contribution >= 4 is 11.8 Å². The number of hydrogen-bond acceptors (Lipinski definition) is 3. The molecule has 2 nitrogen and oxygen atoms in total. The van der Waals surface area contributed by atoms with Crippen molar-refractivity contribution in [2.45, 2.75) is 58.2 Å². The Morgan fingerprint density at radius 2 is 2.00 bits per heavy atom. The largest absolute Gasteiger partial charge is 0.392 e. The highest BCUT2D eigenvalue weighted by Gasteiger charge is 2.25. The minimum absolute atomic E-state index is 0.109. The van der Waals surface area contributed by atoms with Gasteiger partial charge in [-0.15, -0.1) is 0 Å². The molecular weight excluding hydrogens is 206 g/mol. The van der Waals surface area contributed by atoms with Crippen LogP contribution in [0.4, 0.5) is 0 Å². The SMILES string of the molecule is CC(C)CSCC(C)NC1CCCC1O. The van der Waals surface area contributed by atoms with Crippen LogP contribution in [0.3, 0.4) is 0 Å². The van der Waals surface area contributed by atoms with Gasteiger partial charge in [-0.3, -0.25) is 0 Å². The summed E-state index contributed by atoms with van der Waals surface area (Å²) in [7, 11) is 0. The highest BCUT2D eigenvalue weighted by molar-refractivity contribution is 7.99. The van der Waals surface area contributed by atoms with E-state index in [-0.39, 0.29) is 6.10 Å². The molecule has 0 aromatic heterocycles. The number of aliphatic hydroxyl groups is 1. The van der Waals surface area contributed by atoms with E-state index in [0.717, 1.165) is 24.5 Å². The van der Waals surface area contributed by atoms with Gasteiger partial charge in [0.05, 0.1) is 6.10 Å². The maximum absolute atomic E-state index is 9.68. The van der Waals surface area contributed by atoms with Crippen LogP contribution in [0.15, 0.2) is 0 Å². The van der Waals surface area contributed by atoms with Gasteiger partial charge in [0.15, 0.2) is 0 Å². The number of rotatable bonds is 6. The lowest BCUT2D eigenvalue weighted by molar-refractivity contribution is 0.145. The van der Waals surface area contributed by atoms with Gasteiger partial charge in [0, 0.05) is 17.8 Å². The number of thioether (sulfide) groups is 1. The summed E-state index contributed by atoms with van der Waals surface area (Å²) in [5.74, 6) is 3.17. The minimum Gasteiger partial charge on any atom is -0.392 e. The second kappa shape index (κ2) is 6.77. The fourth-order valence-corrected chi connectivity index (χ4v) is 3.09. The van der Waals surface area contributed by atoms with E-state index in [0.29, 0.717) is 12.1 Å². The molecule has 3 atom stereocenters. The molecule has 0 saturated heterocycles. The Morgan fingerprint density at radius 3 is 2.53 bits per heavy atom. The van der Waals surface area contributed by atoms with Gasteiger partial charge in [-0.2, -0.15) is 11.8 Å². The van der Waals surface area contributed by atoms with Crippen molar-refractivity contribution in [2.24, 2.45) is 5.92 Å². The molecule has 1 saturated carbocycles. The van der Waals surface area contributed by atoms with Crippen molar-refractivity contribution in [1.29, 1.82) is 0 Å². The molecule has 1 fully saturated rings. The van der Waals surface area contributed by atoms with Crippen molar-refractivity contribution in [1.82, 2.24) is 5.32 Å². The van der Waals surface area contributed by atoms with E-state index in [1.165, 1.54) is 12.2 Å². The molecule has 0 amide bonds. The van der Waals surface area contributed by atoms with E-state index < -0.39 is 0 Å². The van der Waals surface area contributed by atoms with Gasteiger partial charge in [0.2, 0.25) is 0 Å². The lowest BCUT2D eigenvalue weighted by atomic mass is 10.2. The van der Waals surface area contributed by atoms with Crippen LogP contribution in [0.1, 0.15) is 40.0 Å². The molecular formula is C12H25NOS. The first kappa shape index (κ1) is 13.3. The summed E-state index contributed by atoms with van der Waals surface area (Å²) < 4.78 is 0. The van der Waals surface area contributed by atoms with Crippen molar-refractivity contribution in [3.63, 3.8) is 0 Å². The summed E-state index contributed by atoms with van der Waals surface area (Å²) in [6.07, 6.45) is 3.18. The summed E-state index contributed by atoms with van der Waals surface area (Å²) in [4.78, 5) is 0. The molecule has 90 valence electrons. The van der Waals surface area contributed by atoms with Crippen LogP contribution in [-0.2, 0) is 0 Å². The van der Waals surface area contributed by atoms with Crippen molar-refractivity contribution in [3.05, 3.63) is 0 Å². The quantitative estimate of drug-likeness (QED) is 0.735. The maximum atomic E-state index is 9.68. The smallest absolute Gasteiger partial charge is 0.0693 e. The molecule has 3 heteroatoms. The second-order valence-corrected chi connectivity index (χ2v) is 6.18. The zero-order valence-electron chi connectivity index (χ0n) is 10.2. The van der Waals surface area contributed by atoms with E-state index in [2.05, 4.69) is 26.1 Å². The highest BCUT2D eigenvalue weighted by atomic mass is 32.2. The lowest BCUT2D eigenvalue weighted by Gasteiger charge is -2.22. The third-order valence-corrected chi connectivity index (χ3v) is 4.44. The Morgan fingerprint density at radius 1 is 1.27 bits per heavy atom. The molecule has 0 bridgehead atoms. The Labute approximate surface area is 98.2 Å². The van der Waals surface area contributed by atoms with Crippen LogP contribution in [0.5, 0.6) is 0 Å². The Balaban J connectivity index is 2.09. The molecule has 0 aromatic rings. The first-order chi connectivity index (χ1) is 7.09. The highest BCUT2D eigenvalue weighted by Crippen LogP contribution is 2.19. The third-order valence-electron chi connectivity index (χ3n) is 2.80. The fraction of sp³-hybridized carbons (Fsp3) is 1.00. The second-order valence-electron chi connectivity index (χ2n) is 5.10. The Bertz CT molecular complexity index is 175. The predicted octanol–water partition coefficient (Wildman–Crippen LogP) is 2.27. The van der Waals surface area contributed by atoms with Gasteiger partial charge in [0.1, 0.15) is 0 Å². The van der Waals surface area contributed by atoms with E-state index >= 15 is 0 Å². The predicted molar refractivity (Wildman–Crippen MR) is 68.4 cm³/mol. The van der Waals surface area contributed by atoms with Crippen molar-refractivity contribution < 1.29 is 5.11 Å². The molecule has 0 aliphatic heterocycles. The molecule has 3 unspecified atom stereocenters. The third kappa shape index (κ3) is 5.23. The van der Waals surface area contributed by atoms with Crippen LogP contribution < -0.4 is 5.32 Å². The Kier molecular flexibility index (Phi) is 6.02. The van der Waals surface area contributed by atoms with Gasteiger partial charge in [-0.05, 0) is 37.9 Å². The molecule has 2 N–H and O–H groups in total. The topological polar surface area (TPSA) is 32.3 Å². The van der Waals surface area contributed by atoms with E-state index in [4.69, 9.17) is 0 Å². The maximum Gasteiger partial charge on any atom is 0.0693 e. The summed E-state index contributed by atoms with van der Waals surface area (Å²) in [5, 5.41) is 13.2. The van der Waals surface area contributed by atoms with Crippen LogP contribution in [0, 0.1) is 5.92 Å². The van der Waals surface area contributed by atoms with Gasteiger partial charge in [-0.25, -0.2) is 0 Å². The summed E-state index contributed by atoms with van der Waals surface area (Å²) in [6.45, 7) is 6.73. The zero-order chi connectivity index (χ0) is 11.3. The normalized spacial score (nSPS) is 28.6. The number of aliphatic hydroxyl groups excluding tert-OH is 1. The van der Waals surface area contributed by atoms with E-state index in [1.54, 1.807) is 0 Å². The molecule has 1 rings (SSSR count). The molecule has 0 spiro atoms. The van der Waals surface area contributed by atoms with Gasteiger partial charge in [0.25, 0.3) is 0 Å². The number of nitrogens with one attached hydrogen (secondary N) is 1. The van der Waals surface area contributed by atoms with Crippen LogP contribution in [0.2, 0.25) is 0 Å². The molecule has 0 radical (unpaired) electrons. The van der Waals surface area contributed by atoms with Crippen molar-refractivity contribution in [3.8, 4) is 0 Å². The van der Waals surface area contributed by atoms with Gasteiger partial charge < -0.3 is 10.4 Å². The molecule has 1 aliphatic carbocycles. The van der Waals surface area contributed by atoms with Crippen LogP contribution >= 0.6 is 11.8 Å². The van der Waals surface area contributed by atoms with E-state index in [1.807, 2.05) is 11.8 Å². The standard InChI is InChI=1S/C12H25NOS/c1-9(2)7-15-8-10(3)13-11-5-4-6-12(11)14/h9-14H,4-8H2,1-3H3. The van der Waals surface area contributed by atoms with Crippen LogP contribution in [0.25, 0.3) is 0 Å².